The van der Waals surface area contributed by atoms with Gasteiger partial charge in [-0.1, -0.05) is 138 Å². The summed E-state index contributed by atoms with van der Waals surface area (Å²) in [5, 5.41) is 0. The van der Waals surface area contributed by atoms with Crippen LogP contribution in [0.2, 0.25) is 0 Å². The Morgan fingerprint density at radius 3 is 1.58 bits per heavy atom. The van der Waals surface area contributed by atoms with Crippen molar-refractivity contribution in [3.05, 3.63) is 71.8 Å². The van der Waals surface area contributed by atoms with E-state index in [1.54, 1.807) is 0 Å². The molecule has 3 unspecified atom stereocenters. The third-order valence-corrected chi connectivity index (χ3v) is 8.78. The fourth-order valence-electron chi connectivity index (χ4n) is 5.95. The van der Waals surface area contributed by atoms with Crippen LogP contribution in [-0.2, 0) is 46.5 Å². The quantitative estimate of drug-likeness (QED) is 0.0631. The molecule has 0 saturated carbocycles. The number of Topliss-reactive ketones (excluding diaryl/α,β-unsaturated/α-hetero) is 1. The number of esters is 2. The summed E-state index contributed by atoms with van der Waals surface area (Å²) in [4.78, 5) is 36.6. The molecule has 0 fully saturated rings. The minimum Gasteiger partial charge on any atom is -0.469 e. The Hall–Kier alpha value is -3.03. The molecule has 0 spiro atoms. The largest absolute Gasteiger partial charge is 0.469 e. The molecule has 7 nitrogen and oxygen atoms in total. The summed E-state index contributed by atoms with van der Waals surface area (Å²) in [5.41, 5.74) is 2.20. The van der Waals surface area contributed by atoms with E-state index >= 15 is 0 Å². The van der Waals surface area contributed by atoms with E-state index in [9.17, 15) is 14.4 Å². The second-order valence-corrected chi connectivity index (χ2v) is 12.9. The van der Waals surface area contributed by atoms with E-state index in [2.05, 4.69) is 31.2 Å². The number of rotatable bonds is 29. The van der Waals surface area contributed by atoms with Gasteiger partial charge in [0.1, 0.15) is 0 Å². The van der Waals surface area contributed by atoms with Gasteiger partial charge in [0.15, 0.2) is 11.9 Å². The van der Waals surface area contributed by atoms with Crippen molar-refractivity contribution in [3.63, 3.8) is 0 Å². The highest BCUT2D eigenvalue weighted by Crippen LogP contribution is 2.24. The molecule has 48 heavy (non-hydrogen) atoms. The van der Waals surface area contributed by atoms with Crippen molar-refractivity contribution in [2.24, 2.45) is 0 Å². The molecule has 0 aromatic heterocycles. The zero-order valence-electron chi connectivity index (χ0n) is 30.0. The van der Waals surface area contributed by atoms with Crippen molar-refractivity contribution >= 4 is 17.7 Å². The molecule has 2 aromatic rings. The lowest BCUT2D eigenvalue weighted by atomic mass is 9.96. The van der Waals surface area contributed by atoms with E-state index in [-0.39, 0.29) is 24.0 Å². The first-order valence-corrected chi connectivity index (χ1v) is 18.5. The zero-order valence-corrected chi connectivity index (χ0v) is 30.0. The lowest BCUT2D eigenvalue weighted by Gasteiger charge is -2.29. The van der Waals surface area contributed by atoms with Crippen LogP contribution in [0.3, 0.4) is 0 Å². The number of benzene rings is 2. The summed E-state index contributed by atoms with van der Waals surface area (Å²) >= 11 is 0. The van der Waals surface area contributed by atoms with Gasteiger partial charge in [0.25, 0.3) is 0 Å². The summed E-state index contributed by atoms with van der Waals surface area (Å²) < 4.78 is 23.5. The SMILES string of the molecule is CCCCCCCCC(OCc1ccccc1)C(CCC(OC(C)=O)C(=O)CCCCCCCCCC(=O)OC)OCc1ccccc1. The van der Waals surface area contributed by atoms with Crippen LogP contribution in [0.1, 0.15) is 141 Å². The first kappa shape index (κ1) is 41.1. The Labute approximate surface area is 290 Å². The summed E-state index contributed by atoms with van der Waals surface area (Å²) in [7, 11) is 1.42. The molecule has 3 atom stereocenters. The average Bonchev–Trinajstić information content (AvgIpc) is 3.10. The molecule has 0 heterocycles. The van der Waals surface area contributed by atoms with E-state index in [0.29, 0.717) is 38.9 Å². The van der Waals surface area contributed by atoms with Crippen LogP contribution in [0.15, 0.2) is 60.7 Å². The van der Waals surface area contributed by atoms with Crippen LogP contribution in [-0.4, -0.2) is 43.1 Å². The molecule has 0 amide bonds. The number of ketones is 1. The van der Waals surface area contributed by atoms with Crippen molar-refractivity contribution in [1.82, 2.24) is 0 Å². The summed E-state index contributed by atoms with van der Waals surface area (Å²) in [6.07, 6.45) is 15.4. The van der Waals surface area contributed by atoms with Gasteiger partial charge in [-0.3, -0.25) is 14.4 Å². The van der Waals surface area contributed by atoms with Crippen LogP contribution >= 0.6 is 0 Å². The Balaban J connectivity index is 2.01. The average molecular weight is 667 g/mol. The molecule has 268 valence electrons. The van der Waals surface area contributed by atoms with Crippen molar-refractivity contribution in [1.29, 1.82) is 0 Å². The van der Waals surface area contributed by atoms with Gasteiger partial charge in [0.05, 0.1) is 32.5 Å². The summed E-state index contributed by atoms with van der Waals surface area (Å²) in [5.74, 6) is -0.619. The number of hydrogen-bond donors (Lipinski definition) is 0. The van der Waals surface area contributed by atoms with Gasteiger partial charge in [-0.05, 0) is 43.2 Å². The molecule has 2 aromatic carbocycles. The van der Waals surface area contributed by atoms with Gasteiger partial charge in [0.2, 0.25) is 0 Å². The number of hydrogen-bond acceptors (Lipinski definition) is 7. The second kappa shape index (κ2) is 26.9. The Kier molecular flexibility index (Phi) is 23.0. The van der Waals surface area contributed by atoms with Crippen molar-refractivity contribution in [2.75, 3.05) is 7.11 Å². The fraction of sp³-hybridized carbons (Fsp3) is 0.634. The summed E-state index contributed by atoms with van der Waals surface area (Å²) in [6.45, 7) is 4.54. The van der Waals surface area contributed by atoms with Gasteiger partial charge in [-0.25, -0.2) is 0 Å². The molecule has 7 heteroatoms. The molecule has 0 bridgehead atoms. The van der Waals surface area contributed by atoms with Crippen molar-refractivity contribution in [3.8, 4) is 0 Å². The highest BCUT2D eigenvalue weighted by Gasteiger charge is 2.28. The van der Waals surface area contributed by atoms with Crippen LogP contribution < -0.4 is 0 Å². The van der Waals surface area contributed by atoms with Gasteiger partial charge >= 0.3 is 11.9 Å². The number of methoxy groups -OCH3 is 1. The van der Waals surface area contributed by atoms with Gasteiger partial charge < -0.3 is 18.9 Å². The maximum atomic E-state index is 13.3. The van der Waals surface area contributed by atoms with Crippen LogP contribution in [0.25, 0.3) is 0 Å². The number of ether oxygens (including phenoxy) is 4. The minimum absolute atomic E-state index is 0.0252. The maximum Gasteiger partial charge on any atom is 0.305 e. The Bertz CT molecular complexity index is 1100. The van der Waals surface area contributed by atoms with Gasteiger partial charge in [-0.2, -0.15) is 0 Å². The van der Waals surface area contributed by atoms with Crippen LogP contribution in [0.5, 0.6) is 0 Å². The molecule has 0 N–H and O–H groups in total. The first-order valence-electron chi connectivity index (χ1n) is 18.5. The standard InChI is InChI=1S/C41H62O7/c1-4-5-6-7-12-21-28-39(46-32-35-23-16-14-17-24-35)40(47-33-36-25-18-15-19-26-36)31-30-38(48-34(2)42)37(43)27-20-11-9-8-10-13-22-29-41(44)45-3/h14-19,23-26,38-40H,4-13,20-22,27-33H2,1-3H3. The maximum absolute atomic E-state index is 13.3. The van der Waals surface area contributed by atoms with Gasteiger partial charge in [0, 0.05) is 19.8 Å². The molecule has 2 rings (SSSR count). The molecular weight excluding hydrogens is 604 g/mol. The minimum atomic E-state index is -0.785. The molecular formula is C41H62O7. The predicted octanol–water partition coefficient (Wildman–Crippen LogP) is 9.87. The summed E-state index contributed by atoms with van der Waals surface area (Å²) in [6, 6.07) is 20.3. The molecule has 0 aliphatic carbocycles. The van der Waals surface area contributed by atoms with Crippen LogP contribution in [0.4, 0.5) is 0 Å². The Morgan fingerprint density at radius 2 is 1.06 bits per heavy atom. The third kappa shape index (κ3) is 19.7. The fourth-order valence-corrected chi connectivity index (χ4v) is 5.95. The molecule has 0 aliphatic rings. The van der Waals surface area contributed by atoms with E-state index < -0.39 is 12.1 Å². The molecule has 0 saturated heterocycles. The number of unbranched alkanes of at least 4 members (excludes halogenated alkanes) is 11. The number of carbonyl (C=O) groups is 3. The highest BCUT2D eigenvalue weighted by atomic mass is 16.6. The lowest BCUT2D eigenvalue weighted by Crippen LogP contribution is -2.35. The normalized spacial score (nSPS) is 13.1. The van der Waals surface area contributed by atoms with E-state index in [1.165, 1.54) is 39.7 Å². The Morgan fingerprint density at radius 1 is 0.583 bits per heavy atom. The molecule has 0 aliphatic heterocycles. The lowest BCUT2D eigenvalue weighted by molar-refractivity contribution is -0.154. The van der Waals surface area contributed by atoms with E-state index in [1.807, 2.05) is 36.4 Å². The van der Waals surface area contributed by atoms with Crippen LogP contribution in [0, 0.1) is 0 Å². The topological polar surface area (TPSA) is 88.1 Å². The zero-order chi connectivity index (χ0) is 34.7. The van der Waals surface area contributed by atoms with Crippen molar-refractivity contribution < 1.29 is 33.3 Å². The monoisotopic (exact) mass is 666 g/mol. The van der Waals surface area contributed by atoms with E-state index in [0.717, 1.165) is 75.3 Å². The third-order valence-electron chi connectivity index (χ3n) is 8.78. The first-order chi connectivity index (χ1) is 23.4. The predicted molar refractivity (Wildman–Crippen MR) is 191 cm³/mol. The molecule has 0 radical (unpaired) electrons. The highest BCUT2D eigenvalue weighted by molar-refractivity contribution is 5.85. The van der Waals surface area contributed by atoms with E-state index in [4.69, 9.17) is 18.9 Å². The smallest absolute Gasteiger partial charge is 0.305 e. The van der Waals surface area contributed by atoms with Crippen molar-refractivity contribution in [2.45, 2.75) is 161 Å². The second-order valence-electron chi connectivity index (χ2n) is 12.9. The van der Waals surface area contributed by atoms with Gasteiger partial charge in [-0.15, -0.1) is 0 Å². The number of carbonyl (C=O) groups excluding carboxylic acids is 3.